The molecule has 7 nitrogen and oxygen atoms in total. The van der Waals surface area contributed by atoms with Gasteiger partial charge in [0.05, 0.1) is 11.0 Å². The lowest BCUT2D eigenvalue weighted by Gasteiger charge is -2.31. The first-order valence-corrected chi connectivity index (χ1v) is 8.39. The second kappa shape index (κ2) is 6.16. The van der Waals surface area contributed by atoms with Gasteiger partial charge in [0.25, 0.3) is 11.5 Å². The van der Waals surface area contributed by atoms with Crippen molar-refractivity contribution in [3.8, 4) is 0 Å². The summed E-state index contributed by atoms with van der Waals surface area (Å²) in [5.41, 5.74) is 3.30. The molecule has 4 heterocycles. The number of nitrogens with one attached hydrogen (secondary N) is 1. The van der Waals surface area contributed by atoms with Gasteiger partial charge < -0.3 is 9.88 Å². The van der Waals surface area contributed by atoms with Crippen LogP contribution in [0, 0.1) is 0 Å². The van der Waals surface area contributed by atoms with E-state index < -0.39 is 0 Å². The third-order valence-corrected chi connectivity index (χ3v) is 4.81. The normalized spacial score (nSPS) is 15.6. The maximum atomic E-state index is 12.6. The number of H-pyrrole nitrogens is 1. The van der Waals surface area contributed by atoms with Crippen molar-refractivity contribution in [2.24, 2.45) is 7.05 Å². The van der Waals surface area contributed by atoms with Gasteiger partial charge in [0.15, 0.2) is 0 Å². The average molecular weight is 337 g/mol. The summed E-state index contributed by atoms with van der Waals surface area (Å²) >= 11 is 0. The Bertz CT molecular complexity index is 949. The van der Waals surface area contributed by atoms with Crippen molar-refractivity contribution < 1.29 is 4.79 Å². The van der Waals surface area contributed by atoms with Gasteiger partial charge >= 0.3 is 0 Å². The highest BCUT2D eigenvalue weighted by molar-refractivity contribution is 5.92. The molecule has 0 bridgehead atoms. The molecule has 3 aromatic rings. The number of fused-ring (bicyclic) bond motifs is 1. The smallest absolute Gasteiger partial charge is 0.274 e. The zero-order chi connectivity index (χ0) is 17.4. The minimum Gasteiger partial charge on any atom is -0.357 e. The Hall–Kier alpha value is -2.96. The van der Waals surface area contributed by atoms with Gasteiger partial charge in [-0.05, 0) is 37.1 Å². The number of pyridine rings is 1. The predicted molar refractivity (Wildman–Crippen MR) is 93.5 cm³/mol. The van der Waals surface area contributed by atoms with E-state index in [1.165, 1.54) is 22.5 Å². The number of aryl methyl sites for hydroxylation is 1. The molecule has 0 atom stereocenters. The molecule has 0 spiro atoms. The van der Waals surface area contributed by atoms with Crippen LogP contribution in [0.1, 0.15) is 34.9 Å². The predicted octanol–water partition coefficient (Wildman–Crippen LogP) is 1.68. The molecular formula is C18H19N5O2. The summed E-state index contributed by atoms with van der Waals surface area (Å²) in [5, 5.41) is 4.05. The number of piperidine rings is 1. The van der Waals surface area contributed by atoms with Crippen molar-refractivity contribution in [2.75, 3.05) is 13.1 Å². The van der Waals surface area contributed by atoms with Crippen molar-refractivity contribution in [2.45, 2.75) is 18.8 Å². The van der Waals surface area contributed by atoms with Crippen LogP contribution in [0.3, 0.4) is 0 Å². The van der Waals surface area contributed by atoms with Crippen molar-refractivity contribution in [1.29, 1.82) is 0 Å². The maximum Gasteiger partial charge on any atom is 0.274 e. The van der Waals surface area contributed by atoms with E-state index in [4.69, 9.17) is 0 Å². The van der Waals surface area contributed by atoms with Crippen LogP contribution in [0.25, 0.3) is 11.0 Å². The fourth-order valence-corrected chi connectivity index (χ4v) is 3.37. The molecule has 4 rings (SSSR count). The maximum absolute atomic E-state index is 12.6. The Kier molecular flexibility index (Phi) is 3.83. The number of carbonyl (C=O) groups excluding carboxylic acids is 1. The lowest BCUT2D eigenvalue weighted by atomic mass is 9.93. The number of likely N-dealkylation sites (tertiary alicyclic amines) is 1. The van der Waals surface area contributed by atoms with Crippen molar-refractivity contribution in [3.05, 3.63) is 58.3 Å². The molecule has 0 unspecified atom stereocenters. The molecule has 1 saturated heterocycles. The van der Waals surface area contributed by atoms with E-state index in [0.29, 0.717) is 24.7 Å². The molecule has 1 fully saturated rings. The monoisotopic (exact) mass is 337 g/mol. The van der Waals surface area contributed by atoms with Crippen LogP contribution in [0.5, 0.6) is 0 Å². The number of aromatic amines is 1. The van der Waals surface area contributed by atoms with E-state index >= 15 is 0 Å². The van der Waals surface area contributed by atoms with Crippen LogP contribution in [0.2, 0.25) is 0 Å². The van der Waals surface area contributed by atoms with Gasteiger partial charge in [0.1, 0.15) is 5.69 Å². The van der Waals surface area contributed by atoms with Crippen LogP contribution in [-0.4, -0.2) is 43.6 Å². The summed E-state index contributed by atoms with van der Waals surface area (Å²) < 4.78 is 1.19. The van der Waals surface area contributed by atoms with Gasteiger partial charge in [0, 0.05) is 44.0 Å². The Labute approximate surface area is 144 Å². The van der Waals surface area contributed by atoms with Gasteiger partial charge in [-0.1, -0.05) is 0 Å². The number of hydrogen-bond acceptors (Lipinski definition) is 4. The first kappa shape index (κ1) is 15.6. The molecule has 3 aromatic heterocycles. The number of amides is 1. The molecule has 1 aliphatic heterocycles. The second-order valence-electron chi connectivity index (χ2n) is 6.41. The fraction of sp³-hybridized carbons (Fsp3) is 0.333. The van der Waals surface area contributed by atoms with Crippen LogP contribution in [0.4, 0.5) is 0 Å². The van der Waals surface area contributed by atoms with Gasteiger partial charge in [-0.25, -0.2) is 4.68 Å². The Balaban J connectivity index is 1.46. The molecule has 0 saturated carbocycles. The summed E-state index contributed by atoms with van der Waals surface area (Å²) in [6.07, 6.45) is 3.58. The fourth-order valence-electron chi connectivity index (χ4n) is 3.37. The standard InChI is InChI=1S/C18H19N5O2/c1-22-17(24)5-4-14(21-22)18(25)23-9-6-12(7-10-23)15-11-16-13(20-15)3-2-8-19-16/h2-5,8,11-12,20H,6-7,9-10H2,1H3. The largest absolute Gasteiger partial charge is 0.357 e. The quantitative estimate of drug-likeness (QED) is 0.771. The summed E-state index contributed by atoms with van der Waals surface area (Å²) in [7, 11) is 1.55. The summed E-state index contributed by atoms with van der Waals surface area (Å²) in [4.78, 5) is 33.6. The molecule has 1 amide bonds. The third-order valence-electron chi connectivity index (χ3n) is 4.81. The van der Waals surface area contributed by atoms with Crippen LogP contribution >= 0.6 is 0 Å². The highest BCUT2D eigenvalue weighted by Crippen LogP contribution is 2.29. The van der Waals surface area contributed by atoms with Crippen molar-refractivity contribution in [3.63, 3.8) is 0 Å². The molecule has 1 aliphatic rings. The molecule has 0 aromatic carbocycles. The van der Waals surface area contributed by atoms with Crippen LogP contribution in [-0.2, 0) is 7.05 Å². The topological polar surface area (TPSA) is 83.9 Å². The van der Waals surface area contributed by atoms with Gasteiger partial charge in [-0.15, -0.1) is 0 Å². The van der Waals surface area contributed by atoms with E-state index in [0.717, 1.165) is 23.9 Å². The number of carbonyl (C=O) groups is 1. The summed E-state index contributed by atoms with van der Waals surface area (Å²) in [6.45, 7) is 1.35. The lowest BCUT2D eigenvalue weighted by molar-refractivity contribution is 0.0703. The second-order valence-corrected chi connectivity index (χ2v) is 6.41. The Morgan fingerprint density at radius 3 is 2.76 bits per heavy atom. The van der Waals surface area contributed by atoms with E-state index in [1.54, 1.807) is 13.2 Å². The van der Waals surface area contributed by atoms with E-state index in [1.807, 2.05) is 17.0 Å². The lowest BCUT2D eigenvalue weighted by Crippen LogP contribution is -2.39. The van der Waals surface area contributed by atoms with Crippen LogP contribution in [0.15, 0.2) is 41.3 Å². The number of nitrogens with zero attached hydrogens (tertiary/aromatic N) is 4. The molecule has 128 valence electrons. The Morgan fingerprint density at radius 1 is 1.24 bits per heavy atom. The highest BCUT2D eigenvalue weighted by atomic mass is 16.2. The summed E-state index contributed by atoms with van der Waals surface area (Å²) in [6, 6.07) is 8.93. The molecule has 0 aliphatic carbocycles. The van der Waals surface area contributed by atoms with Crippen molar-refractivity contribution in [1.82, 2.24) is 24.6 Å². The zero-order valence-electron chi connectivity index (χ0n) is 14.0. The van der Waals surface area contributed by atoms with Gasteiger partial charge in [-0.2, -0.15) is 5.10 Å². The zero-order valence-corrected chi connectivity index (χ0v) is 14.0. The van der Waals surface area contributed by atoms with Gasteiger partial charge in [-0.3, -0.25) is 14.6 Å². The van der Waals surface area contributed by atoms with E-state index in [2.05, 4.69) is 21.1 Å². The first-order chi connectivity index (χ1) is 12.1. The summed E-state index contributed by atoms with van der Waals surface area (Å²) in [5.74, 6) is 0.277. The van der Waals surface area contributed by atoms with E-state index in [9.17, 15) is 9.59 Å². The molecule has 1 N–H and O–H groups in total. The van der Waals surface area contributed by atoms with Crippen LogP contribution < -0.4 is 5.56 Å². The molecule has 25 heavy (non-hydrogen) atoms. The first-order valence-electron chi connectivity index (χ1n) is 8.39. The number of hydrogen-bond donors (Lipinski definition) is 1. The highest BCUT2D eigenvalue weighted by Gasteiger charge is 2.26. The Morgan fingerprint density at radius 2 is 2.04 bits per heavy atom. The minimum atomic E-state index is -0.220. The third kappa shape index (κ3) is 2.93. The molecule has 0 radical (unpaired) electrons. The number of rotatable bonds is 2. The SMILES string of the molecule is Cn1nc(C(=O)N2CCC(c3cc4ncccc4[nH]3)CC2)ccc1=O. The molecule has 7 heteroatoms. The molecular weight excluding hydrogens is 318 g/mol. The van der Waals surface area contributed by atoms with Gasteiger partial charge in [0.2, 0.25) is 0 Å². The van der Waals surface area contributed by atoms with Crippen molar-refractivity contribution >= 4 is 16.9 Å². The average Bonchev–Trinajstić information content (AvgIpc) is 3.08. The number of aromatic nitrogens is 4. The minimum absolute atomic E-state index is 0.118. The van der Waals surface area contributed by atoms with E-state index in [-0.39, 0.29) is 11.5 Å².